The van der Waals surface area contributed by atoms with Crippen LogP contribution in [-0.2, 0) is 20.9 Å². The molecule has 0 bridgehead atoms. The van der Waals surface area contributed by atoms with E-state index in [1.54, 1.807) is 6.92 Å². The number of fused-ring (bicyclic) bond motifs is 4. The van der Waals surface area contributed by atoms with Gasteiger partial charge in [-0.2, -0.15) is 0 Å². The Morgan fingerprint density at radius 2 is 1.88 bits per heavy atom. The molecule has 1 amide bonds. The molecule has 2 aliphatic heterocycles. The summed E-state index contributed by atoms with van der Waals surface area (Å²) in [7, 11) is 0. The van der Waals surface area contributed by atoms with Gasteiger partial charge in [-0.05, 0) is 43.0 Å². The van der Waals surface area contributed by atoms with Crippen LogP contribution in [0.4, 0.5) is 0 Å². The van der Waals surface area contributed by atoms with E-state index in [2.05, 4.69) is 0 Å². The number of aliphatic hydroxyl groups is 2. The molecule has 1 fully saturated rings. The molecule has 4 rings (SSSR count). The van der Waals surface area contributed by atoms with Crippen molar-refractivity contribution in [3.05, 3.63) is 23.3 Å². The van der Waals surface area contributed by atoms with E-state index >= 15 is 0 Å². The summed E-state index contributed by atoms with van der Waals surface area (Å²) in [5.74, 6) is -0.606. The Morgan fingerprint density at radius 1 is 1.19 bits per heavy atom. The van der Waals surface area contributed by atoms with Crippen LogP contribution in [-0.4, -0.2) is 58.6 Å². The number of ether oxygens (including phenoxy) is 3. The van der Waals surface area contributed by atoms with Crippen LogP contribution in [0, 0.1) is 0 Å². The molecule has 1 aliphatic carbocycles. The van der Waals surface area contributed by atoms with Crippen molar-refractivity contribution in [2.75, 3.05) is 13.4 Å². The SMILES string of the molecule is CCOC(=O)C(=O)N1Cc2cc3c(cc2C2CC(O)C(O)CC21)OCO3. The van der Waals surface area contributed by atoms with Gasteiger partial charge in [0.2, 0.25) is 6.79 Å². The van der Waals surface area contributed by atoms with Crippen LogP contribution >= 0.6 is 0 Å². The lowest BCUT2D eigenvalue weighted by Gasteiger charge is -2.47. The third-order valence-corrected chi connectivity index (χ3v) is 5.37. The average Bonchev–Trinajstić information content (AvgIpc) is 3.07. The summed E-state index contributed by atoms with van der Waals surface area (Å²) in [5.41, 5.74) is 1.80. The van der Waals surface area contributed by atoms with E-state index in [0.717, 1.165) is 11.1 Å². The number of carbonyl (C=O) groups excluding carboxylic acids is 2. The quantitative estimate of drug-likeness (QED) is 0.546. The first-order chi connectivity index (χ1) is 12.5. The third kappa shape index (κ3) is 2.69. The van der Waals surface area contributed by atoms with Gasteiger partial charge in [0, 0.05) is 18.5 Å². The Labute approximate surface area is 150 Å². The van der Waals surface area contributed by atoms with Crippen LogP contribution in [0.3, 0.4) is 0 Å². The van der Waals surface area contributed by atoms with Crippen LogP contribution in [0.1, 0.15) is 36.8 Å². The van der Waals surface area contributed by atoms with Crippen LogP contribution in [0.15, 0.2) is 12.1 Å². The van der Waals surface area contributed by atoms with Crippen LogP contribution in [0.5, 0.6) is 11.5 Å². The van der Waals surface area contributed by atoms with E-state index < -0.39 is 30.1 Å². The number of nitrogens with zero attached hydrogens (tertiary/aromatic N) is 1. The molecule has 140 valence electrons. The van der Waals surface area contributed by atoms with Crippen molar-refractivity contribution in [2.24, 2.45) is 0 Å². The van der Waals surface area contributed by atoms with Gasteiger partial charge in [-0.3, -0.25) is 4.79 Å². The predicted molar refractivity (Wildman–Crippen MR) is 87.5 cm³/mol. The summed E-state index contributed by atoms with van der Waals surface area (Å²) in [6.45, 7) is 2.11. The average molecular weight is 363 g/mol. The van der Waals surface area contributed by atoms with Crippen LogP contribution < -0.4 is 9.47 Å². The lowest BCUT2D eigenvalue weighted by Crippen LogP contribution is -2.55. The molecule has 3 aliphatic rings. The first-order valence-electron chi connectivity index (χ1n) is 8.75. The molecule has 0 spiro atoms. The first-order valence-corrected chi connectivity index (χ1v) is 8.75. The molecule has 26 heavy (non-hydrogen) atoms. The summed E-state index contributed by atoms with van der Waals surface area (Å²) >= 11 is 0. The van der Waals surface area contributed by atoms with Crippen molar-refractivity contribution < 1.29 is 34.0 Å². The minimum absolute atomic E-state index is 0.114. The van der Waals surface area contributed by atoms with Gasteiger partial charge in [-0.1, -0.05) is 0 Å². The fraction of sp³-hybridized carbons (Fsp3) is 0.556. The van der Waals surface area contributed by atoms with Gasteiger partial charge in [0.1, 0.15) is 0 Å². The molecule has 0 saturated heterocycles. The lowest BCUT2D eigenvalue weighted by molar-refractivity contribution is -0.163. The maximum Gasteiger partial charge on any atom is 0.397 e. The van der Waals surface area contributed by atoms with Gasteiger partial charge in [-0.25, -0.2) is 4.79 Å². The number of carbonyl (C=O) groups is 2. The molecule has 2 heterocycles. The summed E-state index contributed by atoms with van der Waals surface area (Å²) in [4.78, 5) is 26.1. The van der Waals surface area contributed by atoms with Crippen molar-refractivity contribution in [1.29, 1.82) is 0 Å². The van der Waals surface area contributed by atoms with E-state index in [9.17, 15) is 19.8 Å². The van der Waals surface area contributed by atoms with Gasteiger partial charge in [0.15, 0.2) is 11.5 Å². The number of esters is 1. The topological polar surface area (TPSA) is 106 Å². The van der Waals surface area contributed by atoms with Crippen molar-refractivity contribution in [1.82, 2.24) is 4.90 Å². The Balaban J connectivity index is 1.73. The number of benzene rings is 1. The predicted octanol–water partition coefficient (Wildman–Crippen LogP) is 0.288. The monoisotopic (exact) mass is 363 g/mol. The van der Waals surface area contributed by atoms with Gasteiger partial charge in [0.05, 0.1) is 18.8 Å². The van der Waals surface area contributed by atoms with Crippen molar-refractivity contribution in [2.45, 2.75) is 50.5 Å². The molecular formula is C18H21NO7. The van der Waals surface area contributed by atoms with Gasteiger partial charge in [0.25, 0.3) is 0 Å². The highest BCUT2D eigenvalue weighted by Crippen LogP contribution is 2.46. The molecule has 1 saturated carbocycles. The molecule has 0 radical (unpaired) electrons. The van der Waals surface area contributed by atoms with E-state index in [0.29, 0.717) is 17.9 Å². The van der Waals surface area contributed by atoms with Crippen LogP contribution in [0.2, 0.25) is 0 Å². The van der Waals surface area contributed by atoms with E-state index in [1.807, 2.05) is 12.1 Å². The first kappa shape index (κ1) is 17.1. The zero-order valence-electron chi connectivity index (χ0n) is 14.4. The largest absolute Gasteiger partial charge is 0.459 e. The standard InChI is InChI=1S/C18H21NO7/c1-2-24-18(23)17(22)19-7-9-3-15-16(26-8-25-15)5-10(9)11-4-13(20)14(21)6-12(11)19/h3,5,11-14,20-21H,2,4,6-8H2,1H3. The molecular weight excluding hydrogens is 342 g/mol. The second-order valence-electron chi connectivity index (χ2n) is 6.84. The lowest BCUT2D eigenvalue weighted by atomic mass is 9.72. The molecule has 4 unspecified atom stereocenters. The summed E-state index contributed by atoms with van der Waals surface area (Å²) < 4.78 is 15.7. The number of hydrogen-bond acceptors (Lipinski definition) is 7. The highest BCUT2D eigenvalue weighted by molar-refractivity contribution is 6.32. The molecule has 4 atom stereocenters. The zero-order valence-corrected chi connectivity index (χ0v) is 14.4. The maximum atomic E-state index is 12.6. The van der Waals surface area contributed by atoms with Gasteiger partial charge < -0.3 is 29.3 Å². The molecule has 1 aromatic rings. The minimum atomic E-state index is -0.940. The Bertz CT molecular complexity index is 749. The molecule has 0 aromatic heterocycles. The highest BCUT2D eigenvalue weighted by Gasteiger charge is 2.46. The van der Waals surface area contributed by atoms with Crippen molar-refractivity contribution >= 4 is 11.9 Å². The fourth-order valence-corrected chi connectivity index (χ4v) is 4.14. The normalized spacial score (nSPS) is 29.0. The fourth-order valence-electron chi connectivity index (χ4n) is 4.14. The number of hydrogen-bond donors (Lipinski definition) is 2. The summed E-state index contributed by atoms with van der Waals surface area (Å²) in [5, 5.41) is 20.3. The van der Waals surface area contributed by atoms with Crippen molar-refractivity contribution in [3.63, 3.8) is 0 Å². The molecule has 8 nitrogen and oxygen atoms in total. The van der Waals surface area contributed by atoms with Crippen LogP contribution in [0.25, 0.3) is 0 Å². The number of amides is 1. The Morgan fingerprint density at radius 3 is 2.62 bits per heavy atom. The molecule has 8 heteroatoms. The minimum Gasteiger partial charge on any atom is -0.459 e. The molecule has 2 N–H and O–H groups in total. The maximum absolute atomic E-state index is 12.6. The van der Waals surface area contributed by atoms with E-state index in [-0.39, 0.29) is 32.3 Å². The highest BCUT2D eigenvalue weighted by atomic mass is 16.7. The van der Waals surface area contributed by atoms with E-state index in [4.69, 9.17) is 14.2 Å². The van der Waals surface area contributed by atoms with Crippen molar-refractivity contribution in [3.8, 4) is 11.5 Å². The van der Waals surface area contributed by atoms with E-state index in [1.165, 1.54) is 4.90 Å². The number of aliphatic hydroxyl groups excluding tert-OH is 2. The second-order valence-corrected chi connectivity index (χ2v) is 6.84. The van der Waals surface area contributed by atoms with Gasteiger partial charge in [-0.15, -0.1) is 0 Å². The second kappa shape index (κ2) is 6.44. The van der Waals surface area contributed by atoms with Gasteiger partial charge >= 0.3 is 11.9 Å². The molecule has 1 aromatic carbocycles. The third-order valence-electron chi connectivity index (χ3n) is 5.37. The Hall–Kier alpha value is -2.32. The summed E-state index contributed by atoms with van der Waals surface area (Å²) in [6, 6.07) is 3.31. The number of rotatable bonds is 1. The smallest absolute Gasteiger partial charge is 0.397 e. The summed E-state index contributed by atoms with van der Waals surface area (Å²) in [6.07, 6.45) is -1.33. The zero-order chi connectivity index (χ0) is 18.4. The Kier molecular flexibility index (Phi) is 4.24.